The Bertz CT molecular complexity index is 1310. The fraction of sp³-hybridized carbons (Fsp3) is 0.304. The van der Waals surface area contributed by atoms with Gasteiger partial charge in [-0.25, -0.2) is 8.42 Å². The largest absolute Gasteiger partial charge is 0.312 e. The molecule has 1 atom stereocenters. The third-order valence-electron chi connectivity index (χ3n) is 5.50. The smallest absolute Gasteiger partial charge is 0.227 e. The molecule has 1 N–H and O–H groups in total. The van der Waals surface area contributed by atoms with Crippen LogP contribution < -0.4 is 10.2 Å². The molecule has 4 rings (SSSR count). The molecule has 3 aromatic rings. The Morgan fingerprint density at radius 2 is 1.97 bits per heavy atom. The molecule has 11 heteroatoms. The first kappa shape index (κ1) is 24.3. The molecule has 2 aromatic carbocycles. The van der Waals surface area contributed by atoms with Crippen molar-refractivity contribution in [2.24, 2.45) is 0 Å². The molecule has 178 valence electrons. The lowest BCUT2D eigenvalue weighted by atomic mass is 10.1. The van der Waals surface area contributed by atoms with Crippen molar-refractivity contribution in [1.29, 1.82) is 0 Å². The van der Waals surface area contributed by atoms with Gasteiger partial charge in [0.05, 0.1) is 11.5 Å². The van der Waals surface area contributed by atoms with E-state index in [1.54, 1.807) is 35.2 Å². The number of anilines is 2. The first-order valence-electron chi connectivity index (χ1n) is 10.6. The van der Waals surface area contributed by atoms with E-state index in [2.05, 4.69) is 15.5 Å². The Morgan fingerprint density at radius 3 is 2.71 bits per heavy atom. The number of hydrogen-bond donors (Lipinski definition) is 1. The van der Waals surface area contributed by atoms with E-state index in [-0.39, 0.29) is 41.3 Å². The van der Waals surface area contributed by atoms with Crippen LogP contribution in [-0.4, -0.2) is 42.7 Å². The molecule has 2 heterocycles. The quantitative estimate of drug-likeness (QED) is 0.483. The summed E-state index contributed by atoms with van der Waals surface area (Å²) < 4.78 is 24.6. The summed E-state index contributed by atoms with van der Waals surface area (Å²) in [7, 11) is -3.42. The third-order valence-corrected chi connectivity index (χ3v) is 8.51. The summed E-state index contributed by atoms with van der Waals surface area (Å²) in [5, 5.41) is 12.3. The van der Waals surface area contributed by atoms with E-state index in [0.29, 0.717) is 22.1 Å². The Balaban J connectivity index is 1.32. The van der Waals surface area contributed by atoms with Crippen LogP contribution in [0.5, 0.6) is 0 Å². The summed E-state index contributed by atoms with van der Waals surface area (Å²) in [5.74, 6) is -0.998. The first-order chi connectivity index (χ1) is 16.2. The number of aromatic nitrogens is 2. The number of aryl methyl sites for hydroxylation is 1. The molecule has 1 aliphatic rings. The van der Waals surface area contributed by atoms with Crippen molar-refractivity contribution >= 4 is 55.4 Å². The van der Waals surface area contributed by atoms with Gasteiger partial charge in [0.15, 0.2) is 9.84 Å². The van der Waals surface area contributed by atoms with Gasteiger partial charge in [-0.05, 0) is 30.2 Å². The van der Waals surface area contributed by atoms with Crippen molar-refractivity contribution in [3.8, 4) is 0 Å². The lowest BCUT2D eigenvalue weighted by molar-refractivity contribution is -0.117. The Hall–Kier alpha value is -2.82. The van der Waals surface area contributed by atoms with Crippen LogP contribution >= 0.6 is 22.9 Å². The number of hydrogen-bond acceptors (Lipinski definition) is 7. The van der Waals surface area contributed by atoms with Gasteiger partial charge in [0.25, 0.3) is 0 Å². The molecule has 1 unspecified atom stereocenters. The SMILES string of the molecule is Cc1ccc(N2CC(c3nnc(NC(=O)CCS(=O)(=O)Cc4ccccc4)s3)CC2=O)cc1Cl. The third kappa shape index (κ3) is 5.99. The van der Waals surface area contributed by atoms with Crippen LogP contribution in [0, 0.1) is 6.92 Å². The molecule has 2 amide bonds. The number of rotatable bonds is 8. The summed E-state index contributed by atoms with van der Waals surface area (Å²) in [5.41, 5.74) is 2.36. The van der Waals surface area contributed by atoms with Gasteiger partial charge in [0.1, 0.15) is 5.01 Å². The molecule has 0 bridgehead atoms. The number of carbonyl (C=O) groups is 2. The Kier molecular flexibility index (Phi) is 7.30. The average Bonchev–Trinajstić information content (AvgIpc) is 3.41. The van der Waals surface area contributed by atoms with Crippen LogP contribution in [0.25, 0.3) is 0 Å². The van der Waals surface area contributed by atoms with Gasteiger partial charge in [-0.15, -0.1) is 10.2 Å². The van der Waals surface area contributed by atoms with Crippen LogP contribution in [0.15, 0.2) is 48.5 Å². The van der Waals surface area contributed by atoms with Gasteiger partial charge < -0.3 is 10.2 Å². The second-order valence-electron chi connectivity index (χ2n) is 8.16. The molecule has 0 saturated carbocycles. The molecule has 1 aromatic heterocycles. The molecular weight excluding hydrogens is 496 g/mol. The molecule has 1 fully saturated rings. The first-order valence-corrected chi connectivity index (χ1v) is 13.7. The summed E-state index contributed by atoms with van der Waals surface area (Å²) >= 11 is 7.39. The topological polar surface area (TPSA) is 109 Å². The Labute approximate surface area is 206 Å². The monoisotopic (exact) mass is 518 g/mol. The van der Waals surface area contributed by atoms with Gasteiger partial charge >= 0.3 is 0 Å². The highest BCUT2D eigenvalue weighted by Crippen LogP contribution is 2.35. The lowest BCUT2D eigenvalue weighted by Gasteiger charge is -2.17. The normalized spacial score (nSPS) is 16.1. The van der Waals surface area contributed by atoms with E-state index < -0.39 is 15.7 Å². The molecule has 0 aliphatic carbocycles. The van der Waals surface area contributed by atoms with Gasteiger partial charge in [-0.3, -0.25) is 9.59 Å². The number of nitrogens with zero attached hydrogens (tertiary/aromatic N) is 3. The molecule has 34 heavy (non-hydrogen) atoms. The summed E-state index contributed by atoms with van der Waals surface area (Å²) in [4.78, 5) is 26.5. The standard InChI is InChI=1S/C23H23ClN4O4S2/c1-15-7-8-18(12-19(15)24)28-13-17(11-21(28)30)22-26-27-23(33-22)25-20(29)9-10-34(31,32)14-16-5-3-2-4-6-16/h2-8,12,17H,9-11,13-14H2,1H3,(H,25,27,29). The molecule has 0 radical (unpaired) electrons. The molecule has 1 aliphatic heterocycles. The second kappa shape index (κ2) is 10.2. The maximum Gasteiger partial charge on any atom is 0.227 e. The minimum Gasteiger partial charge on any atom is -0.312 e. The van der Waals surface area contributed by atoms with E-state index in [1.807, 2.05) is 25.1 Å². The zero-order chi connectivity index (χ0) is 24.3. The number of nitrogens with one attached hydrogen (secondary N) is 1. The summed E-state index contributed by atoms with van der Waals surface area (Å²) in [6.07, 6.45) is 0.111. The van der Waals surface area contributed by atoms with E-state index in [0.717, 1.165) is 11.3 Å². The van der Waals surface area contributed by atoms with Crippen molar-refractivity contribution < 1.29 is 18.0 Å². The fourth-order valence-corrected chi connectivity index (χ4v) is 6.02. The second-order valence-corrected chi connectivity index (χ2v) is 11.8. The number of carbonyl (C=O) groups excluding carboxylic acids is 2. The van der Waals surface area contributed by atoms with E-state index in [1.165, 1.54) is 11.3 Å². The van der Waals surface area contributed by atoms with Gasteiger partial charge in [0.2, 0.25) is 16.9 Å². The van der Waals surface area contributed by atoms with Crippen LogP contribution in [0.1, 0.15) is 34.9 Å². The Morgan fingerprint density at radius 1 is 1.21 bits per heavy atom. The van der Waals surface area contributed by atoms with Crippen molar-refractivity contribution in [1.82, 2.24) is 10.2 Å². The van der Waals surface area contributed by atoms with Crippen LogP contribution in [0.4, 0.5) is 10.8 Å². The maximum atomic E-state index is 12.6. The zero-order valence-corrected chi connectivity index (χ0v) is 20.8. The van der Waals surface area contributed by atoms with Crippen molar-refractivity contribution in [3.05, 3.63) is 69.7 Å². The maximum absolute atomic E-state index is 12.6. The van der Waals surface area contributed by atoms with E-state index in [4.69, 9.17) is 11.6 Å². The number of amides is 2. The van der Waals surface area contributed by atoms with Crippen LogP contribution in [0.3, 0.4) is 0 Å². The summed E-state index contributed by atoms with van der Waals surface area (Å²) in [6.45, 7) is 2.34. The number of sulfone groups is 1. The van der Waals surface area contributed by atoms with Crippen LogP contribution in [0.2, 0.25) is 5.02 Å². The van der Waals surface area contributed by atoms with Crippen LogP contribution in [-0.2, 0) is 25.2 Å². The highest BCUT2D eigenvalue weighted by atomic mass is 35.5. The fourth-order valence-electron chi connectivity index (χ4n) is 3.65. The lowest BCUT2D eigenvalue weighted by Crippen LogP contribution is -2.24. The minimum atomic E-state index is -3.42. The van der Waals surface area contributed by atoms with Gasteiger partial charge in [-0.2, -0.15) is 0 Å². The average molecular weight is 519 g/mol. The predicted octanol–water partition coefficient (Wildman–Crippen LogP) is 3.96. The van der Waals surface area contributed by atoms with Gasteiger partial charge in [0, 0.05) is 36.0 Å². The van der Waals surface area contributed by atoms with E-state index >= 15 is 0 Å². The summed E-state index contributed by atoms with van der Waals surface area (Å²) in [6, 6.07) is 14.3. The molecule has 1 saturated heterocycles. The molecule has 0 spiro atoms. The van der Waals surface area contributed by atoms with Gasteiger partial charge in [-0.1, -0.05) is 59.3 Å². The van der Waals surface area contributed by atoms with Crippen molar-refractivity contribution in [2.45, 2.75) is 31.4 Å². The van der Waals surface area contributed by atoms with Crippen molar-refractivity contribution in [3.63, 3.8) is 0 Å². The number of halogens is 1. The highest BCUT2D eigenvalue weighted by molar-refractivity contribution is 7.90. The highest BCUT2D eigenvalue weighted by Gasteiger charge is 2.34. The van der Waals surface area contributed by atoms with E-state index in [9.17, 15) is 18.0 Å². The molecule has 8 nitrogen and oxygen atoms in total. The predicted molar refractivity (Wildman–Crippen MR) is 133 cm³/mol. The number of benzene rings is 2. The minimum absolute atomic E-state index is 0.0330. The zero-order valence-electron chi connectivity index (χ0n) is 18.4. The molecular formula is C23H23ClN4O4S2. The van der Waals surface area contributed by atoms with Crippen molar-refractivity contribution in [2.75, 3.05) is 22.5 Å².